The summed E-state index contributed by atoms with van der Waals surface area (Å²) in [7, 11) is 0. The van der Waals surface area contributed by atoms with E-state index in [0.29, 0.717) is 17.7 Å². The van der Waals surface area contributed by atoms with Crippen molar-refractivity contribution < 1.29 is 4.52 Å². The van der Waals surface area contributed by atoms with Gasteiger partial charge in [0.2, 0.25) is 0 Å². The minimum atomic E-state index is 0.599. The normalized spacial score (nSPS) is 11.2. The predicted octanol–water partition coefficient (Wildman–Crippen LogP) is 5.30. The van der Waals surface area contributed by atoms with E-state index in [1.54, 1.807) is 6.26 Å². The lowest BCUT2D eigenvalue weighted by Gasteiger charge is -2.30. The van der Waals surface area contributed by atoms with Gasteiger partial charge in [0.25, 0.3) is 0 Å². The number of aromatic nitrogens is 1. The van der Waals surface area contributed by atoms with Crippen molar-refractivity contribution in [2.75, 3.05) is 23.3 Å². The van der Waals surface area contributed by atoms with Gasteiger partial charge in [0.1, 0.15) is 6.26 Å². The summed E-state index contributed by atoms with van der Waals surface area (Å²) < 4.78 is 5.95. The molecule has 0 amide bonds. The molecule has 0 saturated carbocycles. The first-order chi connectivity index (χ1) is 10.5. The zero-order chi connectivity index (χ0) is 16.1. The highest BCUT2D eigenvalue weighted by molar-refractivity contribution is 9.10. The monoisotopic (exact) mass is 365 g/mol. The Kier molecular flexibility index (Phi) is 5.89. The van der Waals surface area contributed by atoms with Crippen LogP contribution in [0.2, 0.25) is 0 Å². The van der Waals surface area contributed by atoms with E-state index in [2.05, 4.69) is 77.2 Å². The fraction of sp³-hybridized carbons (Fsp3) is 0.471. The van der Waals surface area contributed by atoms with Crippen molar-refractivity contribution in [2.45, 2.75) is 27.7 Å². The Bertz CT molecular complexity index is 572. The molecule has 0 bridgehead atoms. The number of benzene rings is 1. The summed E-state index contributed by atoms with van der Waals surface area (Å²) in [5.74, 6) is 1.91. The SMILES string of the molecule is CC(C)CN(CC(C)C)c1ccc(Br)cc1Nc1ccon1. The minimum Gasteiger partial charge on any atom is -0.369 e. The van der Waals surface area contributed by atoms with Crippen LogP contribution in [0, 0.1) is 11.8 Å². The molecule has 0 aliphatic rings. The van der Waals surface area contributed by atoms with Gasteiger partial charge in [-0.1, -0.05) is 48.8 Å². The molecule has 2 rings (SSSR count). The molecule has 0 saturated heterocycles. The summed E-state index contributed by atoms with van der Waals surface area (Å²) in [6.07, 6.45) is 1.57. The van der Waals surface area contributed by atoms with Crippen molar-refractivity contribution in [2.24, 2.45) is 11.8 Å². The van der Waals surface area contributed by atoms with Crippen LogP contribution in [0.15, 0.2) is 39.5 Å². The smallest absolute Gasteiger partial charge is 0.173 e. The minimum absolute atomic E-state index is 0.599. The molecular weight excluding hydrogens is 342 g/mol. The van der Waals surface area contributed by atoms with Crippen LogP contribution in [0.25, 0.3) is 0 Å². The molecule has 0 fully saturated rings. The molecule has 0 spiro atoms. The van der Waals surface area contributed by atoms with Gasteiger partial charge in [0.15, 0.2) is 5.82 Å². The maximum atomic E-state index is 4.91. The maximum absolute atomic E-state index is 4.91. The number of hydrogen-bond acceptors (Lipinski definition) is 4. The van der Waals surface area contributed by atoms with Crippen molar-refractivity contribution in [1.29, 1.82) is 0 Å². The summed E-state index contributed by atoms with van der Waals surface area (Å²) in [6, 6.07) is 8.13. The molecular formula is C17H24BrN3O. The Labute approximate surface area is 141 Å². The van der Waals surface area contributed by atoms with E-state index in [4.69, 9.17) is 4.52 Å². The Morgan fingerprint density at radius 3 is 2.36 bits per heavy atom. The van der Waals surface area contributed by atoms with Gasteiger partial charge in [0.05, 0.1) is 11.4 Å². The quantitative estimate of drug-likeness (QED) is 0.722. The van der Waals surface area contributed by atoms with Crippen LogP contribution in [0.4, 0.5) is 17.2 Å². The van der Waals surface area contributed by atoms with Crippen LogP contribution < -0.4 is 10.2 Å². The Balaban J connectivity index is 2.33. The van der Waals surface area contributed by atoms with Crippen molar-refractivity contribution in [1.82, 2.24) is 5.16 Å². The average Bonchev–Trinajstić information content (AvgIpc) is 2.90. The third-order valence-electron chi connectivity index (χ3n) is 3.17. The molecule has 4 nitrogen and oxygen atoms in total. The van der Waals surface area contributed by atoms with E-state index in [1.165, 1.54) is 5.69 Å². The standard InChI is InChI=1S/C17H24BrN3O/c1-12(2)10-21(11-13(3)4)16-6-5-14(18)9-15(16)19-17-7-8-22-20-17/h5-9,12-13H,10-11H2,1-4H3,(H,19,20). The molecule has 0 radical (unpaired) electrons. The third kappa shape index (κ3) is 4.77. The van der Waals surface area contributed by atoms with E-state index >= 15 is 0 Å². The van der Waals surface area contributed by atoms with Crippen LogP contribution in [-0.2, 0) is 0 Å². The van der Waals surface area contributed by atoms with Crippen molar-refractivity contribution >= 4 is 33.1 Å². The largest absolute Gasteiger partial charge is 0.369 e. The lowest BCUT2D eigenvalue weighted by molar-refractivity contribution is 0.423. The molecule has 1 N–H and O–H groups in total. The molecule has 2 aromatic rings. The Hall–Kier alpha value is -1.49. The second-order valence-electron chi connectivity index (χ2n) is 6.36. The number of nitrogens with one attached hydrogen (secondary N) is 1. The van der Waals surface area contributed by atoms with E-state index in [9.17, 15) is 0 Å². The zero-order valence-corrected chi connectivity index (χ0v) is 15.2. The molecule has 5 heteroatoms. The fourth-order valence-electron chi connectivity index (χ4n) is 2.45. The van der Waals surface area contributed by atoms with Crippen LogP contribution in [0.3, 0.4) is 0 Å². The van der Waals surface area contributed by atoms with Gasteiger partial charge >= 0.3 is 0 Å². The first kappa shape index (κ1) is 16.9. The molecule has 1 heterocycles. The first-order valence-electron chi connectivity index (χ1n) is 7.67. The fourth-order valence-corrected chi connectivity index (χ4v) is 2.81. The van der Waals surface area contributed by atoms with E-state index < -0.39 is 0 Å². The topological polar surface area (TPSA) is 41.3 Å². The van der Waals surface area contributed by atoms with Gasteiger partial charge in [-0.15, -0.1) is 0 Å². The third-order valence-corrected chi connectivity index (χ3v) is 3.66. The molecule has 120 valence electrons. The summed E-state index contributed by atoms with van der Waals surface area (Å²) in [5, 5.41) is 7.29. The molecule has 0 aliphatic heterocycles. The second-order valence-corrected chi connectivity index (χ2v) is 7.28. The number of rotatable bonds is 7. The van der Waals surface area contributed by atoms with Crippen LogP contribution >= 0.6 is 15.9 Å². The maximum Gasteiger partial charge on any atom is 0.173 e. The lowest BCUT2D eigenvalue weighted by Crippen LogP contribution is -2.31. The van der Waals surface area contributed by atoms with Gasteiger partial charge in [0, 0.05) is 23.6 Å². The highest BCUT2D eigenvalue weighted by Crippen LogP contribution is 2.32. The van der Waals surface area contributed by atoms with Crippen LogP contribution in [-0.4, -0.2) is 18.2 Å². The average molecular weight is 366 g/mol. The molecule has 0 unspecified atom stereocenters. The highest BCUT2D eigenvalue weighted by atomic mass is 79.9. The van der Waals surface area contributed by atoms with Gasteiger partial charge in [-0.3, -0.25) is 0 Å². The zero-order valence-electron chi connectivity index (χ0n) is 13.6. The second kappa shape index (κ2) is 7.68. The molecule has 1 aromatic carbocycles. The summed E-state index contributed by atoms with van der Waals surface area (Å²) in [6.45, 7) is 11.0. The molecule has 22 heavy (non-hydrogen) atoms. The molecule has 1 aromatic heterocycles. The summed E-state index contributed by atoms with van der Waals surface area (Å²) >= 11 is 3.55. The summed E-state index contributed by atoms with van der Waals surface area (Å²) in [4.78, 5) is 2.43. The molecule has 0 aliphatic carbocycles. The number of halogens is 1. The number of hydrogen-bond donors (Lipinski definition) is 1. The van der Waals surface area contributed by atoms with Crippen molar-refractivity contribution in [3.63, 3.8) is 0 Å². The van der Waals surface area contributed by atoms with E-state index in [0.717, 1.165) is 23.2 Å². The van der Waals surface area contributed by atoms with Crippen LogP contribution in [0.5, 0.6) is 0 Å². The van der Waals surface area contributed by atoms with Gasteiger partial charge in [-0.25, -0.2) is 0 Å². The van der Waals surface area contributed by atoms with Crippen molar-refractivity contribution in [3.8, 4) is 0 Å². The van der Waals surface area contributed by atoms with Gasteiger partial charge < -0.3 is 14.7 Å². The van der Waals surface area contributed by atoms with Gasteiger partial charge in [-0.05, 0) is 30.0 Å². The lowest BCUT2D eigenvalue weighted by atomic mass is 10.1. The van der Waals surface area contributed by atoms with Gasteiger partial charge in [-0.2, -0.15) is 0 Å². The summed E-state index contributed by atoms with van der Waals surface area (Å²) in [5.41, 5.74) is 2.22. The number of nitrogens with zero attached hydrogens (tertiary/aromatic N) is 2. The van der Waals surface area contributed by atoms with Crippen LogP contribution in [0.1, 0.15) is 27.7 Å². The number of anilines is 3. The highest BCUT2D eigenvalue weighted by Gasteiger charge is 2.15. The Morgan fingerprint density at radius 1 is 1.14 bits per heavy atom. The van der Waals surface area contributed by atoms with E-state index in [1.807, 2.05) is 6.07 Å². The van der Waals surface area contributed by atoms with E-state index in [-0.39, 0.29) is 0 Å². The first-order valence-corrected chi connectivity index (χ1v) is 8.47. The Morgan fingerprint density at radius 2 is 1.82 bits per heavy atom. The van der Waals surface area contributed by atoms with Crippen molar-refractivity contribution in [3.05, 3.63) is 35.0 Å². The predicted molar refractivity (Wildman–Crippen MR) is 95.8 cm³/mol. The molecule has 0 atom stereocenters.